The number of rotatable bonds is 6. The van der Waals surface area contributed by atoms with E-state index < -0.39 is 6.04 Å². The summed E-state index contributed by atoms with van der Waals surface area (Å²) >= 11 is 0. The first-order chi connectivity index (χ1) is 9.04. The van der Waals surface area contributed by atoms with Crippen LogP contribution in [0.25, 0.3) is 0 Å². The van der Waals surface area contributed by atoms with Gasteiger partial charge in [-0.3, -0.25) is 4.79 Å². The Morgan fingerprint density at radius 1 is 1.42 bits per heavy atom. The SMILES string of the molecule is Cc1ccccc1[C@@H](C#N)NC(=O)CCOC(C)C. The van der Waals surface area contributed by atoms with Crippen LogP contribution in [-0.2, 0) is 9.53 Å². The van der Waals surface area contributed by atoms with Crippen LogP contribution in [0, 0.1) is 18.3 Å². The lowest BCUT2D eigenvalue weighted by atomic mass is 10.0. The van der Waals surface area contributed by atoms with Gasteiger partial charge in [0.2, 0.25) is 5.91 Å². The Morgan fingerprint density at radius 2 is 2.11 bits per heavy atom. The standard InChI is InChI=1S/C15H20N2O2/c1-11(2)19-9-8-15(18)17-14(10-16)13-7-5-4-6-12(13)3/h4-7,11,14H,8-9H2,1-3H3,(H,17,18)/t14-/m1/s1. The number of nitrogens with zero attached hydrogens (tertiary/aromatic N) is 1. The van der Waals surface area contributed by atoms with E-state index >= 15 is 0 Å². The van der Waals surface area contributed by atoms with E-state index in [1.165, 1.54) is 0 Å². The van der Waals surface area contributed by atoms with E-state index in [0.29, 0.717) is 6.61 Å². The Balaban J connectivity index is 2.56. The maximum atomic E-state index is 11.7. The molecule has 102 valence electrons. The highest BCUT2D eigenvalue weighted by atomic mass is 16.5. The van der Waals surface area contributed by atoms with Gasteiger partial charge in [-0.25, -0.2) is 0 Å². The van der Waals surface area contributed by atoms with Crippen molar-refractivity contribution in [1.29, 1.82) is 5.26 Å². The lowest BCUT2D eigenvalue weighted by molar-refractivity contribution is -0.122. The van der Waals surface area contributed by atoms with Crippen molar-refractivity contribution in [2.45, 2.75) is 39.3 Å². The molecule has 1 N–H and O–H groups in total. The maximum absolute atomic E-state index is 11.7. The lowest BCUT2D eigenvalue weighted by Crippen LogP contribution is -2.29. The molecule has 0 unspecified atom stereocenters. The Morgan fingerprint density at radius 3 is 2.68 bits per heavy atom. The molecule has 4 heteroatoms. The summed E-state index contributed by atoms with van der Waals surface area (Å²) in [7, 11) is 0. The molecule has 0 aliphatic carbocycles. The van der Waals surface area contributed by atoms with Crippen molar-refractivity contribution in [2.75, 3.05) is 6.61 Å². The van der Waals surface area contributed by atoms with Crippen molar-refractivity contribution in [1.82, 2.24) is 5.32 Å². The second-order valence-corrected chi connectivity index (χ2v) is 4.66. The fraction of sp³-hybridized carbons (Fsp3) is 0.467. The van der Waals surface area contributed by atoms with Gasteiger partial charge in [-0.05, 0) is 31.9 Å². The van der Waals surface area contributed by atoms with Gasteiger partial charge in [-0.1, -0.05) is 24.3 Å². The summed E-state index contributed by atoms with van der Waals surface area (Å²) in [5.74, 6) is -0.171. The maximum Gasteiger partial charge on any atom is 0.223 e. The average molecular weight is 260 g/mol. The first kappa shape index (κ1) is 15.2. The van der Waals surface area contributed by atoms with Gasteiger partial charge in [0.05, 0.1) is 25.2 Å². The van der Waals surface area contributed by atoms with E-state index in [1.54, 1.807) is 0 Å². The number of hydrogen-bond donors (Lipinski definition) is 1. The molecule has 19 heavy (non-hydrogen) atoms. The zero-order valence-corrected chi connectivity index (χ0v) is 11.6. The second-order valence-electron chi connectivity index (χ2n) is 4.66. The van der Waals surface area contributed by atoms with Crippen LogP contribution in [0.5, 0.6) is 0 Å². The van der Waals surface area contributed by atoms with E-state index in [1.807, 2.05) is 45.0 Å². The van der Waals surface area contributed by atoms with Crippen LogP contribution in [0.2, 0.25) is 0 Å². The first-order valence-electron chi connectivity index (χ1n) is 6.40. The van der Waals surface area contributed by atoms with Gasteiger partial charge in [0.1, 0.15) is 6.04 Å². The minimum Gasteiger partial charge on any atom is -0.378 e. The molecule has 0 spiro atoms. The molecule has 1 rings (SSSR count). The third kappa shape index (κ3) is 5.11. The molecular formula is C15H20N2O2. The summed E-state index contributed by atoms with van der Waals surface area (Å²) in [5, 5.41) is 11.9. The molecule has 4 nitrogen and oxygen atoms in total. The third-order valence-electron chi connectivity index (χ3n) is 2.71. The number of amides is 1. The second kappa shape index (κ2) is 7.55. The van der Waals surface area contributed by atoms with Gasteiger partial charge in [0.25, 0.3) is 0 Å². The smallest absolute Gasteiger partial charge is 0.223 e. The average Bonchev–Trinajstić information content (AvgIpc) is 2.36. The summed E-state index contributed by atoms with van der Waals surface area (Å²) in [6.45, 7) is 6.13. The Kier molecular flexibility index (Phi) is 6.04. The highest BCUT2D eigenvalue weighted by molar-refractivity contribution is 5.77. The number of benzene rings is 1. The number of hydrogen-bond acceptors (Lipinski definition) is 3. The highest BCUT2D eigenvalue weighted by Gasteiger charge is 2.15. The van der Waals surface area contributed by atoms with E-state index in [4.69, 9.17) is 4.74 Å². The summed E-state index contributed by atoms with van der Waals surface area (Å²) in [4.78, 5) is 11.7. The Labute approximate surface area is 114 Å². The predicted octanol–water partition coefficient (Wildman–Crippen LogP) is 2.49. The first-order valence-corrected chi connectivity index (χ1v) is 6.40. The number of aryl methyl sites for hydroxylation is 1. The van der Waals surface area contributed by atoms with Crippen LogP contribution >= 0.6 is 0 Å². The fourth-order valence-corrected chi connectivity index (χ4v) is 1.71. The van der Waals surface area contributed by atoms with Crippen LogP contribution in [-0.4, -0.2) is 18.6 Å². The van der Waals surface area contributed by atoms with Gasteiger partial charge < -0.3 is 10.1 Å². The largest absolute Gasteiger partial charge is 0.378 e. The molecule has 0 bridgehead atoms. The molecule has 0 aliphatic heterocycles. The molecule has 0 saturated heterocycles. The van der Waals surface area contributed by atoms with E-state index in [9.17, 15) is 10.1 Å². The molecule has 0 aliphatic rings. The molecule has 0 fully saturated rings. The van der Waals surface area contributed by atoms with Crippen molar-refractivity contribution in [3.8, 4) is 6.07 Å². The normalized spacial score (nSPS) is 11.9. The third-order valence-corrected chi connectivity index (χ3v) is 2.71. The summed E-state index contributed by atoms with van der Waals surface area (Å²) in [6.07, 6.45) is 0.373. The van der Waals surface area contributed by atoms with Gasteiger partial charge in [0.15, 0.2) is 0 Å². The fourth-order valence-electron chi connectivity index (χ4n) is 1.71. The van der Waals surface area contributed by atoms with Crippen LogP contribution in [0.3, 0.4) is 0 Å². The molecule has 1 aromatic carbocycles. The van der Waals surface area contributed by atoms with Crippen LogP contribution in [0.1, 0.15) is 37.4 Å². The topological polar surface area (TPSA) is 62.1 Å². The lowest BCUT2D eigenvalue weighted by Gasteiger charge is -2.14. The molecule has 1 aromatic rings. The van der Waals surface area contributed by atoms with E-state index in [0.717, 1.165) is 11.1 Å². The molecule has 1 amide bonds. The van der Waals surface area contributed by atoms with Crippen molar-refractivity contribution >= 4 is 5.91 Å². The van der Waals surface area contributed by atoms with Crippen molar-refractivity contribution in [3.05, 3.63) is 35.4 Å². The number of carbonyl (C=O) groups excluding carboxylic acids is 1. The van der Waals surface area contributed by atoms with Gasteiger partial charge >= 0.3 is 0 Å². The molecule has 0 heterocycles. The summed E-state index contributed by atoms with van der Waals surface area (Å²) < 4.78 is 5.31. The summed E-state index contributed by atoms with van der Waals surface area (Å²) in [6, 6.07) is 9.06. The monoisotopic (exact) mass is 260 g/mol. The highest BCUT2D eigenvalue weighted by Crippen LogP contribution is 2.16. The molecule has 0 radical (unpaired) electrons. The number of nitriles is 1. The van der Waals surface area contributed by atoms with Crippen molar-refractivity contribution in [3.63, 3.8) is 0 Å². The zero-order chi connectivity index (χ0) is 14.3. The number of nitrogens with one attached hydrogen (secondary N) is 1. The molecule has 1 atom stereocenters. The van der Waals surface area contributed by atoms with E-state index in [2.05, 4.69) is 11.4 Å². The molecular weight excluding hydrogens is 240 g/mol. The zero-order valence-electron chi connectivity index (χ0n) is 11.6. The van der Waals surface area contributed by atoms with Gasteiger partial charge in [-0.2, -0.15) is 5.26 Å². The molecule has 0 aromatic heterocycles. The minimum atomic E-state index is -0.604. The van der Waals surface area contributed by atoms with Crippen LogP contribution in [0.15, 0.2) is 24.3 Å². The Bertz CT molecular complexity index is 463. The van der Waals surface area contributed by atoms with Gasteiger partial charge in [0, 0.05) is 0 Å². The number of carbonyl (C=O) groups is 1. The number of ether oxygens (including phenoxy) is 1. The van der Waals surface area contributed by atoms with Crippen molar-refractivity contribution in [2.24, 2.45) is 0 Å². The Hall–Kier alpha value is -1.86. The van der Waals surface area contributed by atoms with E-state index in [-0.39, 0.29) is 18.4 Å². The quantitative estimate of drug-likeness (QED) is 0.854. The van der Waals surface area contributed by atoms with Crippen LogP contribution < -0.4 is 5.32 Å². The van der Waals surface area contributed by atoms with Gasteiger partial charge in [-0.15, -0.1) is 0 Å². The predicted molar refractivity (Wildman–Crippen MR) is 73.4 cm³/mol. The minimum absolute atomic E-state index is 0.107. The van der Waals surface area contributed by atoms with Crippen molar-refractivity contribution < 1.29 is 9.53 Å². The van der Waals surface area contributed by atoms with Crippen LogP contribution in [0.4, 0.5) is 0 Å². The summed E-state index contributed by atoms with van der Waals surface area (Å²) in [5.41, 5.74) is 1.83. The molecule has 0 saturated carbocycles.